The minimum Gasteiger partial charge on any atom is -0.492 e. The molecule has 9 nitrogen and oxygen atoms in total. The van der Waals surface area contributed by atoms with E-state index in [1.165, 1.54) is 0 Å². The molecule has 10 heteroatoms. The number of benzene rings is 1. The van der Waals surface area contributed by atoms with E-state index in [0.717, 1.165) is 11.4 Å². The van der Waals surface area contributed by atoms with Crippen molar-refractivity contribution in [3.8, 4) is 5.75 Å². The van der Waals surface area contributed by atoms with Crippen molar-refractivity contribution in [3.63, 3.8) is 0 Å². The zero-order chi connectivity index (χ0) is 20.9. The van der Waals surface area contributed by atoms with Crippen LogP contribution in [0.4, 0.5) is 0 Å². The molecular weight excluding hydrogens is 410 g/mol. The van der Waals surface area contributed by atoms with Gasteiger partial charge in [-0.2, -0.15) is 5.10 Å². The molecule has 0 spiro atoms. The number of nitrogens with one attached hydrogen (secondary N) is 1. The Kier molecular flexibility index (Phi) is 6.29. The van der Waals surface area contributed by atoms with Crippen LogP contribution < -0.4 is 4.74 Å². The fraction of sp³-hybridized carbons (Fsp3) is 0.400. The number of aromatic nitrogens is 4. The van der Waals surface area contributed by atoms with Crippen LogP contribution in [0.3, 0.4) is 0 Å². The van der Waals surface area contributed by atoms with E-state index in [1.807, 2.05) is 24.3 Å². The standard InChI is InChI=1S/C20H22ClN5O4/c1-13-16(25-30-24-13)11-20(27)26-7-9-29-19(12-26)17-10-14(22-23-17)6-8-28-18-5-3-2-4-15(18)21/h2-5,10,19H,6-9,11-12H2,1H3,(H,22,23)/t19-/m1/s1. The highest BCUT2D eigenvalue weighted by Crippen LogP contribution is 2.24. The number of aryl methyl sites for hydroxylation is 1. The first-order valence-corrected chi connectivity index (χ1v) is 10.1. The van der Waals surface area contributed by atoms with Crippen molar-refractivity contribution < 1.29 is 18.9 Å². The van der Waals surface area contributed by atoms with Crippen molar-refractivity contribution in [1.29, 1.82) is 0 Å². The third-order valence-corrected chi connectivity index (χ3v) is 5.24. The van der Waals surface area contributed by atoms with E-state index in [1.54, 1.807) is 17.9 Å². The molecule has 1 fully saturated rings. The fourth-order valence-electron chi connectivity index (χ4n) is 3.22. The first-order valence-electron chi connectivity index (χ1n) is 9.69. The Morgan fingerprint density at radius 1 is 1.37 bits per heavy atom. The van der Waals surface area contributed by atoms with Gasteiger partial charge in [-0.05, 0) is 25.1 Å². The molecule has 30 heavy (non-hydrogen) atoms. The number of aromatic amines is 1. The van der Waals surface area contributed by atoms with Gasteiger partial charge in [-0.3, -0.25) is 9.89 Å². The number of carbonyl (C=O) groups is 1. The number of ether oxygens (including phenoxy) is 2. The van der Waals surface area contributed by atoms with Crippen LogP contribution in [0.5, 0.6) is 5.75 Å². The van der Waals surface area contributed by atoms with Crippen molar-refractivity contribution in [3.05, 3.63) is 58.1 Å². The number of morpholine rings is 1. The Morgan fingerprint density at radius 3 is 3.03 bits per heavy atom. The average Bonchev–Trinajstić information content (AvgIpc) is 3.39. The number of amides is 1. The van der Waals surface area contributed by atoms with E-state index >= 15 is 0 Å². The Labute approximate surface area is 178 Å². The van der Waals surface area contributed by atoms with Gasteiger partial charge in [0.05, 0.1) is 36.9 Å². The van der Waals surface area contributed by atoms with Crippen molar-refractivity contribution >= 4 is 17.5 Å². The van der Waals surface area contributed by atoms with Gasteiger partial charge in [0.25, 0.3) is 0 Å². The molecule has 1 amide bonds. The SMILES string of the molecule is Cc1nonc1CC(=O)N1CCO[C@@H](c2cc(CCOc3ccccc3Cl)[nH]n2)C1. The molecule has 0 radical (unpaired) electrons. The summed E-state index contributed by atoms with van der Waals surface area (Å²) >= 11 is 6.10. The number of para-hydroxylation sites is 1. The van der Waals surface area contributed by atoms with Crippen LogP contribution in [0.25, 0.3) is 0 Å². The molecule has 1 aliphatic heterocycles. The van der Waals surface area contributed by atoms with Crippen LogP contribution in [0.15, 0.2) is 35.0 Å². The monoisotopic (exact) mass is 431 g/mol. The smallest absolute Gasteiger partial charge is 0.228 e. The highest BCUT2D eigenvalue weighted by molar-refractivity contribution is 6.32. The number of carbonyl (C=O) groups excluding carboxylic acids is 1. The fourth-order valence-corrected chi connectivity index (χ4v) is 3.42. The van der Waals surface area contributed by atoms with Crippen LogP contribution in [0.1, 0.15) is 28.9 Å². The molecular formula is C20H22ClN5O4. The maximum absolute atomic E-state index is 12.6. The summed E-state index contributed by atoms with van der Waals surface area (Å²) in [4.78, 5) is 14.4. The summed E-state index contributed by atoms with van der Waals surface area (Å²) in [6.45, 7) is 3.64. The first-order chi connectivity index (χ1) is 14.6. The molecule has 3 aromatic rings. The van der Waals surface area contributed by atoms with Crippen LogP contribution in [0, 0.1) is 6.92 Å². The van der Waals surface area contributed by atoms with E-state index in [-0.39, 0.29) is 18.4 Å². The third kappa shape index (κ3) is 4.80. The minimum absolute atomic E-state index is 0.0361. The van der Waals surface area contributed by atoms with Gasteiger partial charge >= 0.3 is 0 Å². The lowest BCUT2D eigenvalue weighted by Crippen LogP contribution is -2.43. The molecule has 2 aromatic heterocycles. The van der Waals surface area contributed by atoms with E-state index in [4.69, 9.17) is 21.1 Å². The Hall–Kier alpha value is -2.91. The molecule has 1 saturated heterocycles. The number of H-pyrrole nitrogens is 1. The second-order valence-corrected chi connectivity index (χ2v) is 7.43. The normalized spacial score (nSPS) is 16.6. The van der Waals surface area contributed by atoms with Crippen molar-refractivity contribution in [2.45, 2.75) is 25.9 Å². The summed E-state index contributed by atoms with van der Waals surface area (Å²) in [7, 11) is 0. The second-order valence-electron chi connectivity index (χ2n) is 7.02. The molecule has 1 aliphatic rings. The maximum atomic E-state index is 12.6. The summed E-state index contributed by atoms with van der Waals surface area (Å²) < 4.78 is 16.2. The molecule has 1 atom stereocenters. The molecule has 1 N–H and O–H groups in total. The average molecular weight is 432 g/mol. The predicted molar refractivity (Wildman–Crippen MR) is 107 cm³/mol. The molecule has 3 heterocycles. The summed E-state index contributed by atoms with van der Waals surface area (Å²) in [6.07, 6.45) is 0.521. The summed E-state index contributed by atoms with van der Waals surface area (Å²) in [5.74, 6) is 0.618. The van der Waals surface area contributed by atoms with Gasteiger partial charge in [-0.1, -0.05) is 34.0 Å². The molecule has 0 saturated carbocycles. The zero-order valence-electron chi connectivity index (χ0n) is 16.5. The van der Waals surface area contributed by atoms with Gasteiger partial charge in [-0.25, -0.2) is 4.63 Å². The first kappa shape index (κ1) is 20.4. The van der Waals surface area contributed by atoms with Crippen LogP contribution in [-0.4, -0.2) is 57.6 Å². The van der Waals surface area contributed by atoms with Gasteiger partial charge in [0.15, 0.2) is 0 Å². The largest absolute Gasteiger partial charge is 0.492 e. The van der Waals surface area contributed by atoms with Gasteiger partial charge in [0, 0.05) is 18.7 Å². The van der Waals surface area contributed by atoms with E-state index in [2.05, 4.69) is 25.1 Å². The lowest BCUT2D eigenvalue weighted by Gasteiger charge is -2.32. The molecule has 1 aromatic carbocycles. The quantitative estimate of drug-likeness (QED) is 0.612. The van der Waals surface area contributed by atoms with Gasteiger partial charge in [0.2, 0.25) is 5.91 Å². The number of halogens is 1. The van der Waals surface area contributed by atoms with Crippen LogP contribution in [0.2, 0.25) is 5.02 Å². The number of rotatable bonds is 7. The molecule has 0 bridgehead atoms. The van der Waals surface area contributed by atoms with Crippen molar-refractivity contribution in [2.24, 2.45) is 0 Å². The van der Waals surface area contributed by atoms with E-state index < -0.39 is 0 Å². The maximum Gasteiger partial charge on any atom is 0.228 e. The number of nitrogens with zero attached hydrogens (tertiary/aromatic N) is 4. The lowest BCUT2D eigenvalue weighted by molar-refractivity contribution is -0.138. The Morgan fingerprint density at radius 2 is 2.23 bits per heavy atom. The Bertz CT molecular complexity index is 1000. The minimum atomic E-state index is -0.284. The van der Waals surface area contributed by atoms with E-state index in [9.17, 15) is 4.79 Å². The van der Waals surface area contributed by atoms with E-state index in [0.29, 0.717) is 54.9 Å². The summed E-state index contributed by atoms with van der Waals surface area (Å²) in [5.41, 5.74) is 2.88. The van der Waals surface area contributed by atoms with Gasteiger partial charge in [-0.15, -0.1) is 0 Å². The van der Waals surface area contributed by atoms with Crippen LogP contribution in [-0.2, 0) is 22.4 Å². The highest BCUT2D eigenvalue weighted by Gasteiger charge is 2.28. The topological polar surface area (TPSA) is 106 Å². The van der Waals surface area contributed by atoms with Crippen molar-refractivity contribution in [2.75, 3.05) is 26.3 Å². The van der Waals surface area contributed by atoms with Crippen molar-refractivity contribution in [1.82, 2.24) is 25.4 Å². The third-order valence-electron chi connectivity index (χ3n) is 4.93. The molecule has 158 valence electrons. The molecule has 4 rings (SSSR count). The summed E-state index contributed by atoms with van der Waals surface area (Å²) in [6, 6.07) is 9.31. The second kappa shape index (κ2) is 9.27. The van der Waals surface area contributed by atoms with Crippen LogP contribution >= 0.6 is 11.6 Å². The zero-order valence-corrected chi connectivity index (χ0v) is 17.3. The molecule has 0 aliphatic carbocycles. The summed E-state index contributed by atoms with van der Waals surface area (Å²) in [5, 5.41) is 15.5. The van der Waals surface area contributed by atoms with Gasteiger partial charge in [0.1, 0.15) is 23.2 Å². The number of hydrogen-bond donors (Lipinski definition) is 1. The molecule has 0 unspecified atom stereocenters. The predicted octanol–water partition coefficient (Wildman–Crippen LogP) is 2.52. The highest BCUT2D eigenvalue weighted by atomic mass is 35.5. The lowest BCUT2D eigenvalue weighted by atomic mass is 10.1. The Balaban J connectivity index is 1.31. The number of hydrogen-bond acceptors (Lipinski definition) is 7. The van der Waals surface area contributed by atoms with Gasteiger partial charge < -0.3 is 14.4 Å².